The number of hydrogen-bond donors (Lipinski definition) is 0. The van der Waals surface area contributed by atoms with Gasteiger partial charge in [-0.15, -0.1) is 0 Å². The van der Waals surface area contributed by atoms with E-state index in [1.54, 1.807) is 0 Å². The van der Waals surface area contributed by atoms with E-state index in [0.717, 1.165) is 6.42 Å². The summed E-state index contributed by atoms with van der Waals surface area (Å²) in [5, 5.41) is 0. The molecular weight excluding hydrogens is 202 g/mol. The zero-order valence-electron chi connectivity index (χ0n) is 7.19. The van der Waals surface area contributed by atoms with Crippen LogP contribution in [0.5, 0.6) is 0 Å². The molecule has 0 saturated carbocycles. The molecule has 4 heteroatoms. The van der Waals surface area contributed by atoms with E-state index in [1.807, 2.05) is 6.92 Å². The molecule has 0 aromatic carbocycles. The topological polar surface area (TPSA) is 9.23 Å². The number of ether oxygens (including phenoxy) is 1. The number of methoxy groups -OCH3 is 1. The van der Waals surface area contributed by atoms with Crippen LogP contribution in [0, 0.1) is 0 Å². The van der Waals surface area contributed by atoms with Gasteiger partial charge in [-0.05, 0) is 0 Å². The Balaban J connectivity index is 4.15. The van der Waals surface area contributed by atoms with Crippen molar-refractivity contribution in [1.82, 2.24) is 0 Å². The summed E-state index contributed by atoms with van der Waals surface area (Å²) in [6.07, 6.45) is 1.63. The SMILES string of the molecule is CCCC/C(F)=C(\F)[C](=[Cr])OC. The Bertz CT molecular complexity index is 189. The van der Waals surface area contributed by atoms with Gasteiger partial charge in [-0.2, -0.15) is 0 Å². The Morgan fingerprint density at radius 1 is 1.42 bits per heavy atom. The molecule has 0 aliphatic heterocycles. The van der Waals surface area contributed by atoms with E-state index in [-0.39, 0.29) is 11.0 Å². The molecule has 0 aromatic heterocycles. The second-order valence-electron chi connectivity index (χ2n) is 2.31. The maximum atomic E-state index is 12.8. The van der Waals surface area contributed by atoms with Gasteiger partial charge in [-0.25, -0.2) is 0 Å². The van der Waals surface area contributed by atoms with Gasteiger partial charge in [0.1, 0.15) is 0 Å². The molecular formula is C8H12CrF2O. The van der Waals surface area contributed by atoms with Crippen molar-refractivity contribution in [2.24, 2.45) is 0 Å². The van der Waals surface area contributed by atoms with Crippen molar-refractivity contribution in [3.05, 3.63) is 11.7 Å². The summed E-state index contributed by atoms with van der Waals surface area (Å²) in [6.45, 7) is 1.92. The first-order chi connectivity index (χ1) is 5.63. The zero-order valence-corrected chi connectivity index (χ0v) is 8.47. The monoisotopic (exact) mass is 214 g/mol. The summed E-state index contributed by atoms with van der Waals surface area (Å²) < 4.78 is 30.0. The molecule has 0 fully saturated rings. The van der Waals surface area contributed by atoms with Crippen molar-refractivity contribution in [3.63, 3.8) is 0 Å². The van der Waals surface area contributed by atoms with Crippen molar-refractivity contribution in [2.75, 3.05) is 7.11 Å². The van der Waals surface area contributed by atoms with Crippen molar-refractivity contribution in [1.29, 1.82) is 0 Å². The van der Waals surface area contributed by atoms with Crippen LogP contribution in [0.4, 0.5) is 8.78 Å². The Kier molecular flexibility index (Phi) is 6.46. The molecule has 0 radical (unpaired) electrons. The molecule has 12 heavy (non-hydrogen) atoms. The van der Waals surface area contributed by atoms with Crippen LogP contribution in [-0.2, 0) is 20.6 Å². The van der Waals surface area contributed by atoms with E-state index in [2.05, 4.69) is 20.6 Å². The second-order valence-corrected chi connectivity index (χ2v) is 2.89. The first kappa shape index (κ1) is 12.0. The van der Waals surface area contributed by atoms with Crippen molar-refractivity contribution in [3.8, 4) is 0 Å². The van der Waals surface area contributed by atoms with Gasteiger partial charge < -0.3 is 0 Å². The summed E-state index contributed by atoms with van der Waals surface area (Å²) in [5.74, 6) is -1.65. The van der Waals surface area contributed by atoms with Crippen LogP contribution in [0.15, 0.2) is 11.7 Å². The van der Waals surface area contributed by atoms with Crippen LogP contribution < -0.4 is 0 Å². The molecule has 0 N–H and O–H groups in total. The fourth-order valence-corrected chi connectivity index (χ4v) is 0.815. The van der Waals surface area contributed by atoms with Crippen molar-refractivity contribution >= 4 is 4.57 Å². The van der Waals surface area contributed by atoms with Crippen molar-refractivity contribution < 1.29 is 29.4 Å². The van der Waals surface area contributed by atoms with Crippen LogP contribution in [0.25, 0.3) is 0 Å². The molecule has 0 aliphatic carbocycles. The predicted octanol–water partition coefficient (Wildman–Crippen LogP) is 2.65. The van der Waals surface area contributed by atoms with Crippen LogP contribution in [0.1, 0.15) is 26.2 Å². The fourth-order valence-electron chi connectivity index (χ4n) is 0.642. The summed E-state index contributed by atoms with van der Waals surface area (Å²) in [7, 11) is 1.29. The molecule has 0 atom stereocenters. The summed E-state index contributed by atoms with van der Waals surface area (Å²) in [4.78, 5) is 0. The van der Waals surface area contributed by atoms with Gasteiger partial charge in [0.25, 0.3) is 0 Å². The minimum atomic E-state index is -0.911. The van der Waals surface area contributed by atoms with Gasteiger partial charge in [-0.3, -0.25) is 0 Å². The second kappa shape index (κ2) is 6.48. The molecule has 0 spiro atoms. The van der Waals surface area contributed by atoms with Gasteiger partial charge in [-0.1, -0.05) is 0 Å². The minimum absolute atomic E-state index is 0.122. The number of halogens is 2. The Morgan fingerprint density at radius 2 is 2.00 bits per heavy atom. The van der Waals surface area contributed by atoms with E-state index in [4.69, 9.17) is 0 Å². The quantitative estimate of drug-likeness (QED) is 0.683. The average molecular weight is 214 g/mol. The number of rotatable bonds is 5. The van der Waals surface area contributed by atoms with E-state index >= 15 is 0 Å². The van der Waals surface area contributed by atoms with E-state index < -0.39 is 11.7 Å². The molecule has 70 valence electrons. The van der Waals surface area contributed by atoms with Crippen LogP contribution in [0.3, 0.4) is 0 Å². The molecule has 0 heterocycles. The Hall–Kier alpha value is -0.0375. The molecule has 0 rings (SSSR count). The standard InChI is InChI=1S/C8H12F2O.Cr/c1-3-4-5-7(9)8(10)6-11-2;/h3-5H2,1-2H3;/b8-7+;. The molecule has 1 nitrogen and oxygen atoms in total. The fraction of sp³-hybridized carbons (Fsp3) is 0.625. The summed E-state index contributed by atoms with van der Waals surface area (Å²) in [5.41, 5.74) is 0. The molecule has 0 amide bonds. The Labute approximate surface area is 79.4 Å². The van der Waals surface area contributed by atoms with E-state index in [9.17, 15) is 8.78 Å². The number of allylic oxidation sites excluding steroid dienone is 1. The number of hydrogen-bond acceptors (Lipinski definition) is 1. The molecule has 0 aliphatic rings. The van der Waals surface area contributed by atoms with Gasteiger partial charge in [0.15, 0.2) is 0 Å². The maximum absolute atomic E-state index is 12.8. The predicted molar refractivity (Wildman–Crippen MR) is 40.8 cm³/mol. The van der Waals surface area contributed by atoms with Crippen LogP contribution in [0.2, 0.25) is 0 Å². The van der Waals surface area contributed by atoms with Gasteiger partial charge in [0.05, 0.1) is 0 Å². The number of unbranched alkanes of at least 4 members (excludes halogenated alkanes) is 1. The van der Waals surface area contributed by atoms with Gasteiger partial charge in [0, 0.05) is 0 Å². The molecule has 0 saturated heterocycles. The third kappa shape index (κ3) is 4.10. The van der Waals surface area contributed by atoms with E-state index in [1.165, 1.54) is 7.11 Å². The third-order valence-electron chi connectivity index (χ3n) is 1.35. The summed E-state index contributed by atoms with van der Waals surface area (Å²) in [6, 6.07) is 0. The van der Waals surface area contributed by atoms with Crippen LogP contribution >= 0.6 is 0 Å². The zero-order chi connectivity index (χ0) is 9.56. The molecule has 0 bridgehead atoms. The normalized spacial score (nSPS) is 12.7. The van der Waals surface area contributed by atoms with Gasteiger partial charge in [0.2, 0.25) is 0 Å². The first-order valence-electron chi connectivity index (χ1n) is 3.76. The van der Waals surface area contributed by atoms with Crippen molar-refractivity contribution in [2.45, 2.75) is 26.2 Å². The third-order valence-corrected chi connectivity index (χ3v) is 1.89. The van der Waals surface area contributed by atoms with E-state index in [0.29, 0.717) is 6.42 Å². The summed E-state index contributed by atoms with van der Waals surface area (Å²) >= 11 is 2.31. The first-order valence-corrected chi connectivity index (χ1v) is 4.39. The molecule has 0 unspecified atom stereocenters. The van der Waals surface area contributed by atoms with Crippen LogP contribution in [-0.4, -0.2) is 11.7 Å². The van der Waals surface area contributed by atoms with Gasteiger partial charge >= 0.3 is 78.9 Å². The Morgan fingerprint density at radius 3 is 2.42 bits per heavy atom. The average Bonchev–Trinajstić information content (AvgIpc) is 2.11. The molecule has 0 aromatic rings.